The van der Waals surface area contributed by atoms with Crippen LogP contribution < -0.4 is 15.4 Å². The second-order valence-corrected chi connectivity index (χ2v) is 10.7. The van der Waals surface area contributed by atoms with E-state index in [2.05, 4.69) is 20.6 Å². The minimum absolute atomic E-state index is 0.0383. The van der Waals surface area contributed by atoms with E-state index in [4.69, 9.17) is 25.8 Å². The van der Waals surface area contributed by atoms with Crippen molar-refractivity contribution in [1.82, 2.24) is 14.9 Å². The summed E-state index contributed by atoms with van der Waals surface area (Å²) >= 11 is 5.94. The van der Waals surface area contributed by atoms with Crippen LogP contribution in [-0.4, -0.2) is 72.2 Å². The molecule has 13 heteroatoms. The highest BCUT2D eigenvalue weighted by atomic mass is 35.5. The Balaban J connectivity index is 1.37. The Morgan fingerprint density at radius 2 is 1.77 bits per heavy atom. The van der Waals surface area contributed by atoms with Gasteiger partial charge in [-0.15, -0.1) is 0 Å². The first-order valence-electron chi connectivity index (χ1n) is 13.8. The number of amides is 1. The van der Waals surface area contributed by atoms with Crippen LogP contribution in [0.15, 0.2) is 48.8 Å². The second kappa shape index (κ2) is 13.3. The van der Waals surface area contributed by atoms with Crippen LogP contribution in [0.25, 0.3) is 10.9 Å². The van der Waals surface area contributed by atoms with E-state index in [1.807, 2.05) is 0 Å². The molecule has 2 heterocycles. The summed E-state index contributed by atoms with van der Waals surface area (Å²) in [7, 11) is 2.59. The number of rotatable bonds is 11. The fraction of sp³-hybridized carbons (Fsp3) is 0.367. The first-order valence-corrected chi connectivity index (χ1v) is 14.2. The van der Waals surface area contributed by atoms with Crippen LogP contribution in [0.3, 0.4) is 0 Å². The SMILES string of the molecule is COC(=O)[C@H]1CC[C@@H](C(=O)OC)N1CC=CC(=O)Nc1cc2c(Nc3ccc(F)c(Cl)c3)ncnc2cc1OCC1CC1. The third-order valence-corrected chi connectivity index (χ3v) is 7.68. The molecule has 2 fully saturated rings. The minimum atomic E-state index is -0.619. The molecule has 43 heavy (non-hydrogen) atoms. The number of carbonyl (C=O) groups is 3. The van der Waals surface area contributed by atoms with Crippen molar-refractivity contribution in [1.29, 1.82) is 0 Å². The van der Waals surface area contributed by atoms with Crippen LogP contribution >= 0.6 is 11.6 Å². The Kier molecular flexibility index (Phi) is 9.37. The smallest absolute Gasteiger partial charge is 0.323 e. The highest BCUT2D eigenvalue weighted by Gasteiger charge is 2.42. The van der Waals surface area contributed by atoms with Gasteiger partial charge in [0.25, 0.3) is 0 Å². The van der Waals surface area contributed by atoms with Gasteiger partial charge in [-0.2, -0.15) is 0 Å². The molecule has 1 aliphatic carbocycles. The Labute approximate surface area is 252 Å². The molecule has 0 unspecified atom stereocenters. The first-order chi connectivity index (χ1) is 20.8. The molecule has 1 aliphatic heterocycles. The number of anilines is 3. The van der Waals surface area contributed by atoms with E-state index in [1.54, 1.807) is 23.1 Å². The Morgan fingerprint density at radius 3 is 2.42 bits per heavy atom. The number of aromatic nitrogens is 2. The lowest BCUT2D eigenvalue weighted by molar-refractivity contribution is -0.150. The van der Waals surface area contributed by atoms with E-state index in [1.165, 1.54) is 44.8 Å². The Hall–Kier alpha value is -4.29. The maximum atomic E-state index is 13.7. The predicted molar refractivity (Wildman–Crippen MR) is 158 cm³/mol. The number of hydrogen-bond donors (Lipinski definition) is 2. The number of benzene rings is 2. The summed E-state index contributed by atoms with van der Waals surface area (Å²) in [5, 5.41) is 6.53. The highest BCUT2D eigenvalue weighted by Crippen LogP contribution is 2.36. The molecule has 1 saturated heterocycles. The summed E-state index contributed by atoms with van der Waals surface area (Å²) in [5.74, 6) is -0.552. The average molecular weight is 612 g/mol. The molecular formula is C30H31ClFN5O6. The zero-order chi connectivity index (χ0) is 30.5. The number of methoxy groups -OCH3 is 2. The number of esters is 2. The van der Waals surface area contributed by atoms with E-state index >= 15 is 0 Å². The molecule has 11 nitrogen and oxygen atoms in total. The fourth-order valence-electron chi connectivity index (χ4n) is 4.96. The van der Waals surface area contributed by atoms with Crippen LogP contribution in [0.4, 0.5) is 21.6 Å². The fourth-order valence-corrected chi connectivity index (χ4v) is 5.14. The molecule has 0 bridgehead atoms. The number of ether oxygens (including phenoxy) is 3. The van der Waals surface area contributed by atoms with E-state index in [9.17, 15) is 18.8 Å². The highest BCUT2D eigenvalue weighted by molar-refractivity contribution is 6.31. The normalized spacial score (nSPS) is 18.5. The monoisotopic (exact) mass is 611 g/mol. The number of fused-ring (bicyclic) bond motifs is 1. The van der Waals surface area contributed by atoms with Gasteiger partial charge < -0.3 is 24.8 Å². The van der Waals surface area contributed by atoms with Crippen molar-refractivity contribution in [3.8, 4) is 5.75 Å². The molecule has 0 radical (unpaired) electrons. The number of hydrogen-bond acceptors (Lipinski definition) is 10. The molecule has 2 aromatic carbocycles. The molecule has 1 amide bonds. The standard InChI is InChI=1S/C30H31ClFN5O6/c1-41-29(39)24-9-10-25(30(40)42-2)37(24)11-3-4-27(38)36-23-13-19-22(14-26(23)43-15-17-5-6-17)33-16-34-28(19)35-18-7-8-21(32)20(31)12-18/h3-4,7-8,12-14,16-17,24-25H,5-6,9-11,15H2,1-2H3,(H,36,38)(H,33,34,35)/t24-,25+. The lowest BCUT2D eigenvalue weighted by atomic mass is 10.1. The van der Waals surface area contributed by atoms with E-state index < -0.39 is 35.7 Å². The van der Waals surface area contributed by atoms with Crippen LogP contribution in [0.2, 0.25) is 5.02 Å². The van der Waals surface area contributed by atoms with Crippen molar-refractivity contribution in [2.75, 3.05) is 38.0 Å². The Bertz CT molecular complexity index is 1540. The third kappa shape index (κ3) is 7.20. The van der Waals surface area contributed by atoms with Crippen molar-refractivity contribution >= 4 is 57.5 Å². The number of nitrogens with one attached hydrogen (secondary N) is 2. The maximum Gasteiger partial charge on any atom is 0.323 e. The van der Waals surface area contributed by atoms with Crippen molar-refractivity contribution in [3.05, 3.63) is 59.7 Å². The van der Waals surface area contributed by atoms with Crippen LogP contribution in [-0.2, 0) is 23.9 Å². The van der Waals surface area contributed by atoms with Gasteiger partial charge in [-0.3, -0.25) is 19.3 Å². The number of halogens is 2. The van der Waals surface area contributed by atoms with Gasteiger partial charge in [0.1, 0.15) is 35.8 Å². The van der Waals surface area contributed by atoms with Crippen molar-refractivity contribution in [2.45, 2.75) is 37.8 Å². The summed E-state index contributed by atoms with van der Waals surface area (Å²) in [4.78, 5) is 48.0. The zero-order valence-corrected chi connectivity index (χ0v) is 24.4. The molecule has 0 spiro atoms. The van der Waals surface area contributed by atoms with Gasteiger partial charge in [0.15, 0.2) is 0 Å². The molecule has 1 aromatic heterocycles. The summed E-state index contributed by atoms with van der Waals surface area (Å²) < 4.78 is 29.5. The topological polar surface area (TPSA) is 132 Å². The Morgan fingerprint density at radius 1 is 1.05 bits per heavy atom. The van der Waals surface area contributed by atoms with Gasteiger partial charge in [-0.25, -0.2) is 14.4 Å². The second-order valence-electron chi connectivity index (χ2n) is 10.3. The van der Waals surface area contributed by atoms with Crippen molar-refractivity contribution in [2.24, 2.45) is 5.92 Å². The van der Waals surface area contributed by atoms with Crippen LogP contribution in [0.5, 0.6) is 5.75 Å². The van der Waals surface area contributed by atoms with Gasteiger partial charge in [0.2, 0.25) is 5.91 Å². The van der Waals surface area contributed by atoms with E-state index in [0.29, 0.717) is 59.2 Å². The summed E-state index contributed by atoms with van der Waals surface area (Å²) in [6.07, 6.45) is 7.35. The molecule has 2 atom stereocenters. The lowest BCUT2D eigenvalue weighted by Crippen LogP contribution is -2.45. The quantitative estimate of drug-likeness (QED) is 0.234. The van der Waals surface area contributed by atoms with E-state index in [0.717, 1.165) is 12.8 Å². The van der Waals surface area contributed by atoms with E-state index in [-0.39, 0.29) is 11.6 Å². The summed E-state index contributed by atoms with van der Waals surface area (Å²) in [5.41, 5.74) is 1.49. The molecular weight excluding hydrogens is 581 g/mol. The summed E-state index contributed by atoms with van der Waals surface area (Å²) in [6.45, 7) is 0.658. The van der Waals surface area contributed by atoms with Crippen molar-refractivity contribution < 1.29 is 33.0 Å². The molecule has 5 rings (SSSR count). The first kappa shape index (κ1) is 30.2. The van der Waals surface area contributed by atoms with Gasteiger partial charge in [0, 0.05) is 29.8 Å². The zero-order valence-electron chi connectivity index (χ0n) is 23.6. The average Bonchev–Trinajstić information content (AvgIpc) is 3.74. The van der Waals surface area contributed by atoms with Crippen molar-refractivity contribution in [3.63, 3.8) is 0 Å². The number of likely N-dealkylation sites (tertiary alicyclic amines) is 1. The molecule has 2 N–H and O–H groups in total. The lowest BCUT2D eigenvalue weighted by Gasteiger charge is -2.25. The van der Waals surface area contributed by atoms with Gasteiger partial charge in [-0.1, -0.05) is 17.7 Å². The largest absolute Gasteiger partial charge is 0.491 e. The molecule has 226 valence electrons. The molecule has 3 aromatic rings. The van der Waals surface area contributed by atoms with Gasteiger partial charge in [-0.05, 0) is 55.9 Å². The number of nitrogens with zero attached hydrogens (tertiary/aromatic N) is 3. The molecule has 1 saturated carbocycles. The third-order valence-electron chi connectivity index (χ3n) is 7.39. The molecule has 2 aliphatic rings. The summed E-state index contributed by atoms with van der Waals surface area (Å²) in [6, 6.07) is 6.43. The minimum Gasteiger partial charge on any atom is -0.491 e. The van der Waals surface area contributed by atoms with Gasteiger partial charge >= 0.3 is 11.9 Å². The maximum absolute atomic E-state index is 13.7. The van der Waals surface area contributed by atoms with Crippen LogP contribution in [0.1, 0.15) is 25.7 Å². The van der Waals surface area contributed by atoms with Gasteiger partial charge in [0.05, 0.1) is 37.1 Å². The van der Waals surface area contributed by atoms with Crippen LogP contribution in [0, 0.1) is 11.7 Å². The predicted octanol–water partition coefficient (Wildman–Crippen LogP) is 4.63. The number of carbonyl (C=O) groups excluding carboxylic acids is 3.